The highest BCUT2D eigenvalue weighted by Crippen LogP contribution is 2.62. The first-order chi connectivity index (χ1) is 29.7. The average molecular weight is 766 g/mol. The van der Waals surface area contributed by atoms with Crippen LogP contribution in [-0.4, -0.2) is 15.0 Å². The van der Waals surface area contributed by atoms with E-state index in [-0.39, 0.29) is 0 Å². The number of benzene rings is 8. The Morgan fingerprint density at radius 3 is 1.58 bits per heavy atom. The molecule has 280 valence electrons. The molecule has 0 saturated carbocycles. The first-order valence-electron chi connectivity index (χ1n) is 20.3. The highest BCUT2D eigenvalue weighted by atomic mass is 16.5. The SMILES string of the molecule is c1ccc(-c2cc(-c3ccccc3)nc(-c3ccc4c(c3)C3(c5cc(-c6cccc(-c7nccc8ccccc78)c6)ccc5O4)c4ccccc4-c4ccccc43)n2)cc1. The molecule has 0 unspecified atom stereocenters. The topological polar surface area (TPSA) is 47.9 Å². The van der Waals surface area contributed by atoms with E-state index in [0.717, 1.165) is 78.5 Å². The van der Waals surface area contributed by atoms with Crippen LogP contribution in [-0.2, 0) is 5.41 Å². The predicted molar refractivity (Wildman–Crippen MR) is 242 cm³/mol. The van der Waals surface area contributed by atoms with Crippen LogP contribution < -0.4 is 4.74 Å². The maximum atomic E-state index is 6.95. The molecule has 0 fully saturated rings. The summed E-state index contributed by atoms with van der Waals surface area (Å²) in [5.41, 5.74) is 15.4. The van der Waals surface area contributed by atoms with Crippen molar-refractivity contribution >= 4 is 10.8 Å². The molecule has 2 aromatic heterocycles. The molecule has 60 heavy (non-hydrogen) atoms. The number of ether oxygens (including phenoxy) is 1. The average Bonchev–Trinajstić information content (AvgIpc) is 3.62. The van der Waals surface area contributed by atoms with Crippen LogP contribution in [0.1, 0.15) is 22.3 Å². The Labute approximate surface area is 348 Å². The molecule has 1 aliphatic heterocycles. The van der Waals surface area contributed by atoms with E-state index in [1.807, 2.05) is 18.3 Å². The summed E-state index contributed by atoms with van der Waals surface area (Å²) >= 11 is 0. The Kier molecular flexibility index (Phi) is 7.72. The van der Waals surface area contributed by atoms with E-state index >= 15 is 0 Å². The minimum Gasteiger partial charge on any atom is -0.457 e. The smallest absolute Gasteiger partial charge is 0.160 e. The third kappa shape index (κ3) is 5.28. The van der Waals surface area contributed by atoms with E-state index < -0.39 is 5.41 Å². The van der Waals surface area contributed by atoms with Gasteiger partial charge >= 0.3 is 0 Å². The Balaban J connectivity index is 1.08. The van der Waals surface area contributed by atoms with E-state index in [2.05, 4.69) is 194 Å². The zero-order valence-corrected chi connectivity index (χ0v) is 32.5. The molecule has 12 rings (SSSR count). The predicted octanol–water partition coefficient (Wildman–Crippen LogP) is 13.8. The molecule has 2 aliphatic rings. The van der Waals surface area contributed by atoms with Gasteiger partial charge in [0, 0.05) is 45.0 Å². The largest absolute Gasteiger partial charge is 0.457 e. The molecule has 4 nitrogen and oxygen atoms in total. The number of rotatable bonds is 5. The molecule has 0 bridgehead atoms. The molecule has 0 saturated heterocycles. The van der Waals surface area contributed by atoms with Crippen molar-refractivity contribution in [3.05, 3.63) is 235 Å². The van der Waals surface area contributed by atoms with Gasteiger partial charge < -0.3 is 4.74 Å². The maximum absolute atomic E-state index is 6.95. The van der Waals surface area contributed by atoms with Gasteiger partial charge in [0.2, 0.25) is 0 Å². The van der Waals surface area contributed by atoms with Crippen LogP contribution in [0.5, 0.6) is 11.5 Å². The van der Waals surface area contributed by atoms with Crippen molar-refractivity contribution in [2.24, 2.45) is 0 Å². The lowest BCUT2D eigenvalue weighted by atomic mass is 9.65. The van der Waals surface area contributed by atoms with Gasteiger partial charge in [0.05, 0.1) is 22.5 Å². The van der Waals surface area contributed by atoms with Crippen LogP contribution in [0.25, 0.3) is 78.2 Å². The lowest BCUT2D eigenvalue weighted by Crippen LogP contribution is -2.32. The first kappa shape index (κ1) is 34.1. The summed E-state index contributed by atoms with van der Waals surface area (Å²) in [6, 6.07) is 72.9. The molecule has 1 spiro atoms. The van der Waals surface area contributed by atoms with Gasteiger partial charge in [0.25, 0.3) is 0 Å². The van der Waals surface area contributed by atoms with Gasteiger partial charge in [-0.1, -0.05) is 158 Å². The summed E-state index contributed by atoms with van der Waals surface area (Å²) in [7, 11) is 0. The molecule has 4 heteroatoms. The fourth-order valence-corrected chi connectivity index (χ4v) is 9.51. The summed E-state index contributed by atoms with van der Waals surface area (Å²) in [5, 5.41) is 2.31. The second-order valence-corrected chi connectivity index (χ2v) is 15.5. The van der Waals surface area contributed by atoms with Gasteiger partial charge in [-0.05, 0) is 87.3 Å². The summed E-state index contributed by atoms with van der Waals surface area (Å²) in [6.07, 6.45) is 1.90. The molecule has 0 N–H and O–H groups in total. The third-order valence-corrected chi connectivity index (χ3v) is 12.2. The molecule has 0 radical (unpaired) electrons. The van der Waals surface area contributed by atoms with Crippen molar-refractivity contribution in [1.82, 2.24) is 15.0 Å². The van der Waals surface area contributed by atoms with Gasteiger partial charge in [0.1, 0.15) is 11.5 Å². The Morgan fingerprint density at radius 1 is 0.367 bits per heavy atom. The second-order valence-electron chi connectivity index (χ2n) is 15.5. The number of hydrogen-bond acceptors (Lipinski definition) is 4. The highest BCUT2D eigenvalue weighted by Gasteiger charge is 2.51. The summed E-state index contributed by atoms with van der Waals surface area (Å²) in [6.45, 7) is 0. The van der Waals surface area contributed by atoms with Crippen LogP contribution in [0.15, 0.2) is 212 Å². The zero-order chi connectivity index (χ0) is 39.6. The van der Waals surface area contributed by atoms with Gasteiger partial charge in [0.15, 0.2) is 5.82 Å². The Bertz CT molecular complexity index is 3190. The fraction of sp³-hybridized carbons (Fsp3) is 0.0179. The van der Waals surface area contributed by atoms with Crippen molar-refractivity contribution in [2.75, 3.05) is 0 Å². The van der Waals surface area contributed by atoms with Gasteiger partial charge in [-0.25, -0.2) is 9.97 Å². The van der Waals surface area contributed by atoms with Crippen LogP contribution in [0, 0.1) is 0 Å². The lowest BCUT2D eigenvalue weighted by molar-refractivity contribution is 0.436. The number of nitrogens with zero attached hydrogens (tertiary/aromatic N) is 3. The third-order valence-electron chi connectivity index (χ3n) is 12.2. The standard InChI is InChI=1S/C56H35N3O/c1-3-15-37(16-4-1)50-35-51(38-17-5-2-6-18-38)59-55(58-50)42-27-29-53-49(34-42)56(46-24-11-9-22-44(46)45-23-10-12-25-47(45)56)48-33-40(26-28-52(48)60-53)39-19-13-20-41(32-39)54-43-21-8-7-14-36(43)30-31-57-54/h1-35H. The molecule has 10 aromatic rings. The molecule has 8 aromatic carbocycles. The lowest BCUT2D eigenvalue weighted by Gasteiger charge is -2.40. The van der Waals surface area contributed by atoms with Gasteiger partial charge in [-0.3, -0.25) is 4.98 Å². The minimum absolute atomic E-state index is 0.658. The summed E-state index contributed by atoms with van der Waals surface area (Å²) in [4.78, 5) is 15.4. The summed E-state index contributed by atoms with van der Waals surface area (Å²) in [5.74, 6) is 2.31. The van der Waals surface area contributed by atoms with Gasteiger partial charge in [-0.2, -0.15) is 0 Å². The number of aromatic nitrogens is 3. The van der Waals surface area contributed by atoms with Crippen LogP contribution in [0.2, 0.25) is 0 Å². The second kappa shape index (κ2) is 13.6. The van der Waals surface area contributed by atoms with Crippen molar-refractivity contribution in [2.45, 2.75) is 5.41 Å². The van der Waals surface area contributed by atoms with Crippen molar-refractivity contribution < 1.29 is 4.74 Å². The molecule has 1 aliphatic carbocycles. The quantitative estimate of drug-likeness (QED) is 0.175. The van der Waals surface area contributed by atoms with Crippen LogP contribution >= 0.6 is 0 Å². The van der Waals surface area contributed by atoms with Crippen molar-refractivity contribution in [3.8, 4) is 78.9 Å². The zero-order valence-electron chi connectivity index (χ0n) is 32.5. The molecule has 0 atom stereocenters. The first-order valence-corrected chi connectivity index (χ1v) is 20.3. The molecule has 0 amide bonds. The molecule has 3 heterocycles. The number of hydrogen-bond donors (Lipinski definition) is 0. The van der Waals surface area contributed by atoms with Crippen molar-refractivity contribution in [1.29, 1.82) is 0 Å². The monoisotopic (exact) mass is 765 g/mol. The Morgan fingerprint density at radius 2 is 0.900 bits per heavy atom. The van der Waals surface area contributed by atoms with E-state index in [1.54, 1.807) is 0 Å². The van der Waals surface area contributed by atoms with Crippen LogP contribution in [0.4, 0.5) is 0 Å². The fourth-order valence-electron chi connectivity index (χ4n) is 9.51. The highest BCUT2D eigenvalue weighted by molar-refractivity contribution is 5.95. The number of fused-ring (bicyclic) bond motifs is 10. The Hall–Kier alpha value is -7.95. The number of pyridine rings is 1. The van der Waals surface area contributed by atoms with E-state index in [9.17, 15) is 0 Å². The van der Waals surface area contributed by atoms with Crippen LogP contribution in [0.3, 0.4) is 0 Å². The van der Waals surface area contributed by atoms with Crippen molar-refractivity contribution in [3.63, 3.8) is 0 Å². The van der Waals surface area contributed by atoms with Gasteiger partial charge in [-0.15, -0.1) is 0 Å². The van der Waals surface area contributed by atoms with E-state index in [1.165, 1.54) is 27.6 Å². The minimum atomic E-state index is -0.684. The molecular formula is C56H35N3O. The molecular weight excluding hydrogens is 731 g/mol. The maximum Gasteiger partial charge on any atom is 0.160 e. The van der Waals surface area contributed by atoms with E-state index in [0.29, 0.717) is 5.82 Å². The normalized spacial score (nSPS) is 12.9. The summed E-state index contributed by atoms with van der Waals surface area (Å²) < 4.78 is 6.95. The van der Waals surface area contributed by atoms with E-state index in [4.69, 9.17) is 19.7 Å².